The smallest absolute Gasteiger partial charge is 0.223 e. The van der Waals surface area contributed by atoms with Gasteiger partial charge in [-0.3, -0.25) is 4.79 Å². The molecule has 2 N–H and O–H groups in total. The van der Waals surface area contributed by atoms with Gasteiger partial charge in [-0.25, -0.2) is 0 Å². The van der Waals surface area contributed by atoms with Gasteiger partial charge in [-0.15, -0.1) is 0 Å². The highest BCUT2D eigenvalue weighted by molar-refractivity contribution is 5.78. The van der Waals surface area contributed by atoms with E-state index in [0.717, 1.165) is 18.5 Å². The maximum Gasteiger partial charge on any atom is 0.223 e. The van der Waals surface area contributed by atoms with Crippen molar-refractivity contribution < 1.29 is 9.90 Å². The van der Waals surface area contributed by atoms with Crippen LogP contribution in [0, 0.1) is 5.92 Å². The molecule has 102 valence electrons. The Hall–Kier alpha value is -1.29. The molecule has 0 saturated carbocycles. The molecule has 0 fully saturated rings. The second-order valence-corrected chi connectivity index (χ2v) is 4.65. The van der Waals surface area contributed by atoms with Crippen molar-refractivity contribution in [2.75, 3.05) is 6.54 Å². The predicted octanol–water partition coefficient (Wildman–Crippen LogP) is 2.00. The van der Waals surface area contributed by atoms with E-state index in [-0.39, 0.29) is 11.8 Å². The van der Waals surface area contributed by atoms with E-state index in [1.165, 1.54) is 0 Å². The molecule has 0 bridgehead atoms. The zero-order valence-electron chi connectivity index (χ0n) is 11.5. The summed E-state index contributed by atoms with van der Waals surface area (Å²) in [6.45, 7) is 4.56. The molecule has 0 aromatic carbocycles. The standard InChI is InChI=1S/C14H24N2O2/c1-4-11(5-2)14(18)15-9-8-13(17)12-7-6-10-16(12)3/h6-7,10-11,13,17H,4-5,8-9H2,1-3H3,(H,15,18). The average Bonchev–Trinajstić information content (AvgIpc) is 2.77. The first-order valence-electron chi connectivity index (χ1n) is 6.67. The van der Waals surface area contributed by atoms with Gasteiger partial charge < -0.3 is 15.0 Å². The van der Waals surface area contributed by atoms with Crippen LogP contribution in [0.5, 0.6) is 0 Å². The fraction of sp³-hybridized carbons (Fsp3) is 0.643. The van der Waals surface area contributed by atoms with Crippen LogP contribution >= 0.6 is 0 Å². The van der Waals surface area contributed by atoms with Gasteiger partial charge in [-0.2, -0.15) is 0 Å². The van der Waals surface area contributed by atoms with Crippen LogP contribution in [-0.2, 0) is 11.8 Å². The maximum absolute atomic E-state index is 11.7. The quantitative estimate of drug-likeness (QED) is 0.780. The molecule has 1 amide bonds. The first-order valence-corrected chi connectivity index (χ1v) is 6.67. The first kappa shape index (κ1) is 14.8. The van der Waals surface area contributed by atoms with Gasteiger partial charge in [0, 0.05) is 31.4 Å². The van der Waals surface area contributed by atoms with Crippen LogP contribution in [0.4, 0.5) is 0 Å². The average molecular weight is 252 g/mol. The van der Waals surface area contributed by atoms with Crippen LogP contribution in [0.1, 0.15) is 44.9 Å². The molecule has 1 aromatic heterocycles. The number of nitrogens with zero attached hydrogens (tertiary/aromatic N) is 1. The lowest BCUT2D eigenvalue weighted by atomic mass is 10.0. The van der Waals surface area contributed by atoms with Crippen LogP contribution < -0.4 is 5.32 Å². The number of amides is 1. The van der Waals surface area contributed by atoms with Crippen molar-refractivity contribution >= 4 is 5.91 Å². The lowest BCUT2D eigenvalue weighted by Crippen LogP contribution is -2.31. The third kappa shape index (κ3) is 3.88. The minimum atomic E-state index is -0.521. The number of aliphatic hydroxyl groups excluding tert-OH is 1. The topological polar surface area (TPSA) is 54.3 Å². The molecule has 0 saturated heterocycles. The predicted molar refractivity (Wildman–Crippen MR) is 72.1 cm³/mol. The highest BCUT2D eigenvalue weighted by Crippen LogP contribution is 2.15. The molecule has 18 heavy (non-hydrogen) atoms. The Morgan fingerprint density at radius 3 is 2.61 bits per heavy atom. The summed E-state index contributed by atoms with van der Waals surface area (Å²) < 4.78 is 1.90. The summed E-state index contributed by atoms with van der Waals surface area (Å²) in [5.74, 6) is 0.191. The second kappa shape index (κ2) is 7.21. The number of aryl methyl sites for hydroxylation is 1. The summed E-state index contributed by atoms with van der Waals surface area (Å²) in [5, 5.41) is 12.9. The molecule has 4 heteroatoms. The van der Waals surface area contributed by atoms with Crippen molar-refractivity contribution in [3.8, 4) is 0 Å². The second-order valence-electron chi connectivity index (χ2n) is 4.65. The van der Waals surface area contributed by atoms with E-state index < -0.39 is 6.10 Å². The molecule has 0 radical (unpaired) electrons. The fourth-order valence-corrected chi connectivity index (χ4v) is 2.10. The molecule has 1 aromatic rings. The number of carbonyl (C=O) groups excluding carboxylic acids is 1. The summed E-state index contributed by atoms with van der Waals surface area (Å²) in [4.78, 5) is 11.7. The van der Waals surface area contributed by atoms with Crippen LogP contribution in [0.2, 0.25) is 0 Å². The molecule has 1 atom stereocenters. The Morgan fingerprint density at radius 1 is 1.44 bits per heavy atom. The van der Waals surface area contributed by atoms with Gasteiger partial charge in [0.05, 0.1) is 6.10 Å². The largest absolute Gasteiger partial charge is 0.387 e. The Balaban J connectivity index is 2.34. The number of nitrogens with one attached hydrogen (secondary N) is 1. The zero-order chi connectivity index (χ0) is 13.5. The Labute approximate surface area is 109 Å². The van der Waals surface area contributed by atoms with Crippen LogP contribution in [0.25, 0.3) is 0 Å². The van der Waals surface area contributed by atoms with Crippen LogP contribution in [-0.4, -0.2) is 22.1 Å². The van der Waals surface area contributed by atoms with Gasteiger partial charge >= 0.3 is 0 Å². The van der Waals surface area contributed by atoms with Crippen LogP contribution in [0.15, 0.2) is 18.3 Å². The van der Waals surface area contributed by atoms with Crippen molar-refractivity contribution in [3.05, 3.63) is 24.0 Å². The number of rotatable bonds is 7. The molecule has 0 spiro atoms. The molecule has 4 nitrogen and oxygen atoms in total. The van der Waals surface area contributed by atoms with E-state index >= 15 is 0 Å². The van der Waals surface area contributed by atoms with Crippen molar-refractivity contribution in [2.45, 2.75) is 39.2 Å². The van der Waals surface area contributed by atoms with Crippen molar-refractivity contribution in [3.63, 3.8) is 0 Å². The number of aliphatic hydroxyl groups is 1. The van der Waals surface area contributed by atoms with E-state index in [2.05, 4.69) is 5.32 Å². The monoisotopic (exact) mass is 252 g/mol. The minimum Gasteiger partial charge on any atom is -0.387 e. The number of hydrogen-bond acceptors (Lipinski definition) is 2. The van der Waals surface area contributed by atoms with E-state index in [4.69, 9.17) is 0 Å². The molecule has 0 aliphatic rings. The van der Waals surface area contributed by atoms with E-state index in [1.807, 2.05) is 43.8 Å². The highest BCUT2D eigenvalue weighted by atomic mass is 16.3. The Kier molecular flexibility index (Phi) is 5.92. The van der Waals surface area contributed by atoms with Crippen molar-refractivity contribution in [1.82, 2.24) is 9.88 Å². The zero-order valence-corrected chi connectivity index (χ0v) is 11.5. The maximum atomic E-state index is 11.7. The van der Waals surface area contributed by atoms with Gasteiger partial charge in [-0.05, 0) is 31.4 Å². The van der Waals surface area contributed by atoms with E-state index in [9.17, 15) is 9.90 Å². The molecular formula is C14H24N2O2. The fourth-order valence-electron chi connectivity index (χ4n) is 2.10. The van der Waals surface area contributed by atoms with Gasteiger partial charge in [0.15, 0.2) is 0 Å². The summed E-state index contributed by atoms with van der Waals surface area (Å²) in [7, 11) is 1.90. The van der Waals surface area contributed by atoms with E-state index in [0.29, 0.717) is 13.0 Å². The highest BCUT2D eigenvalue weighted by Gasteiger charge is 2.15. The molecule has 0 aliphatic carbocycles. The molecule has 1 unspecified atom stereocenters. The molecule has 0 aliphatic heterocycles. The van der Waals surface area contributed by atoms with Gasteiger partial charge in [-0.1, -0.05) is 13.8 Å². The lowest BCUT2D eigenvalue weighted by Gasteiger charge is -2.15. The SMILES string of the molecule is CCC(CC)C(=O)NCCC(O)c1cccn1C. The Bertz CT molecular complexity index is 370. The number of aromatic nitrogens is 1. The summed E-state index contributed by atoms with van der Waals surface area (Å²) in [6.07, 6.45) is 3.66. The molecular weight excluding hydrogens is 228 g/mol. The van der Waals surface area contributed by atoms with Gasteiger partial charge in [0.2, 0.25) is 5.91 Å². The van der Waals surface area contributed by atoms with E-state index in [1.54, 1.807) is 0 Å². The van der Waals surface area contributed by atoms with Gasteiger partial charge in [0.25, 0.3) is 0 Å². The summed E-state index contributed by atoms with van der Waals surface area (Å²) >= 11 is 0. The lowest BCUT2D eigenvalue weighted by molar-refractivity contribution is -0.125. The first-order chi connectivity index (χ1) is 8.60. The van der Waals surface area contributed by atoms with Crippen LogP contribution in [0.3, 0.4) is 0 Å². The van der Waals surface area contributed by atoms with Gasteiger partial charge in [0.1, 0.15) is 0 Å². The Morgan fingerprint density at radius 2 is 2.11 bits per heavy atom. The number of hydrogen-bond donors (Lipinski definition) is 2. The van der Waals surface area contributed by atoms with Crippen molar-refractivity contribution in [2.24, 2.45) is 13.0 Å². The normalized spacial score (nSPS) is 12.7. The summed E-state index contributed by atoms with van der Waals surface area (Å²) in [6, 6.07) is 3.80. The minimum absolute atomic E-state index is 0.0946. The summed E-state index contributed by atoms with van der Waals surface area (Å²) in [5.41, 5.74) is 0.881. The third-order valence-electron chi connectivity index (χ3n) is 3.40. The third-order valence-corrected chi connectivity index (χ3v) is 3.40. The molecule has 1 rings (SSSR count). The number of carbonyl (C=O) groups is 1. The van der Waals surface area contributed by atoms with Crippen molar-refractivity contribution in [1.29, 1.82) is 0 Å². The molecule has 1 heterocycles.